The van der Waals surface area contributed by atoms with Gasteiger partial charge in [0.05, 0.1) is 5.56 Å². The number of carbonyl (C=O) groups is 2. The number of fused-ring (bicyclic) bond motifs is 1. The van der Waals surface area contributed by atoms with Crippen molar-refractivity contribution in [2.24, 2.45) is 0 Å². The fraction of sp³-hybridized carbons (Fsp3) is 0.0667. The van der Waals surface area contributed by atoms with Crippen LogP contribution in [0, 0.1) is 0 Å². The van der Waals surface area contributed by atoms with E-state index in [1.54, 1.807) is 36.4 Å². The third-order valence-corrected chi connectivity index (χ3v) is 4.49. The van der Waals surface area contributed by atoms with Crippen LogP contribution in [0.15, 0.2) is 48.5 Å². The Bertz CT molecular complexity index is 694. The lowest BCUT2D eigenvalue weighted by Gasteiger charge is -2.18. The number of benzene rings is 2. The summed E-state index contributed by atoms with van der Waals surface area (Å²) in [6.07, 6.45) is 0. The molecule has 1 unspecified atom stereocenters. The highest BCUT2D eigenvalue weighted by Gasteiger charge is 2.53. The molecule has 1 N–H and O–H groups in total. The first-order valence-electron chi connectivity index (χ1n) is 5.73. The minimum Gasteiger partial charge on any atom is -0.507 e. The van der Waals surface area contributed by atoms with Gasteiger partial charge in [0.2, 0.25) is 0 Å². The molecular weight excluding hydrogens is 308 g/mol. The van der Waals surface area contributed by atoms with Gasteiger partial charge >= 0.3 is 0 Å². The normalized spacial score (nSPS) is 21.5. The molecule has 0 saturated heterocycles. The highest BCUT2D eigenvalue weighted by atomic mass is 79.9. The summed E-state index contributed by atoms with van der Waals surface area (Å²) in [6, 6.07) is 13.3. The largest absolute Gasteiger partial charge is 0.507 e. The zero-order valence-corrected chi connectivity index (χ0v) is 11.3. The van der Waals surface area contributed by atoms with Crippen molar-refractivity contribution in [2.45, 2.75) is 4.32 Å². The Morgan fingerprint density at radius 2 is 1.58 bits per heavy atom. The molecule has 3 rings (SSSR count). The highest BCUT2D eigenvalue weighted by molar-refractivity contribution is 9.10. The summed E-state index contributed by atoms with van der Waals surface area (Å²) >= 11 is 3.29. The number of Topliss-reactive ketones (excluding diaryl/α,β-unsaturated/α-hetero) is 2. The van der Waals surface area contributed by atoms with Gasteiger partial charge in [0.15, 0.2) is 15.9 Å². The fourth-order valence-corrected chi connectivity index (χ4v) is 3.04. The van der Waals surface area contributed by atoms with Crippen molar-refractivity contribution in [3.63, 3.8) is 0 Å². The second kappa shape index (κ2) is 4.03. The lowest BCUT2D eigenvalue weighted by molar-refractivity contribution is 0.0871. The first kappa shape index (κ1) is 12.1. The van der Waals surface area contributed by atoms with Gasteiger partial charge in [-0.2, -0.15) is 0 Å². The van der Waals surface area contributed by atoms with Crippen LogP contribution in [0.3, 0.4) is 0 Å². The maximum absolute atomic E-state index is 12.5. The third kappa shape index (κ3) is 1.50. The molecule has 2 aromatic rings. The Morgan fingerprint density at radius 3 is 2.21 bits per heavy atom. The van der Waals surface area contributed by atoms with Crippen LogP contribution < -0.4 is 0 Å². The van der Waals surface area contributed by atoms with Gasteiger partial charge < -0.3 is 5.11 Å². The van der Waals surface area contributed by atoms with Gasteiger partial charge in [0.1, 0.15) is 5.75 Å². The molecule has 1 aliphatic rings. The molecule has 0 radical (unpaired) electrons. The van der Waals surface area contributed by atoms with Crippen LogP contribution >= 0.6 is 15.9 Å². The summed E-state index contributed by atoms with van der Waals surface area (Å²) in [5, 5.41) is 9.80. The topological polar surface area (TPSA) is 54.4 Å². The number of hydrogen-bond acceptors (Lipinski definition) is 3. The number of phenolic OH excluding ortho intramolecular Hbond substituents is 1. The molecule has 0 aromatic heterocycles. The molecule has 2 aromatic carbocycles. The van der Waals surface area contributed by atoms with Gasteiger partial charge in [0, 0.05) is 5.56 Å². The van der Waals surface area contributed by atoms with Crippen molar-refractivity contribution in [3.8, 4) is 5.75 Å². The van der Waals surface area contributed by atoms with Crippen molar-refractivity contribution >= 4 is 27.5 Å². The molecule has 3 nitrogen and oxygen atoms in total. The number of hydrogen-bond donors (Lipinski definition) is 1. The molecule has 0 amide bonds. The Labute approximate surface area is 118 Å². The smallest absolute Gasteiger partial charge is 0.196 e. The lowest BCUT2D eigenvalue weighted by Crippen LogP contribution is -2.31. The van der Waals surface area contributed by atoms with E-state index in [4.69, 9.17) is 0 Å². The molecule has 94 valence electrons. The summed E-state index contributed by atoms with van der Waals surface area (Å²) < 4.78 is -1.42. The summed E-state index contributed by atoms with van der Waals surface area (Å²) in [5.41, 5.74) is 0.916. The first-order chi connectivity index (χ1) is 9.06. The zero-order chi connectivity index (χ0) is 13.6. The Balaban J connectivity index is 2.26. The van der Waals surface area contributed by atoms with E-state index in [2.05, 4.69) is 15.9 Å². The predicted molar refractivity (Wildman–Crippen MR) is 73.8 cm³/mol. The molecule has 0 heterocycles. The molecule has 4 heteroatoms. The van der Waals surface area contributed by atoms with Gasteiger partial charge in [-0.25, -0.2) is 0 Å². The van der Waals surface area contributed by atoms with Gasteiger partial charge in [-0.1, -0.05) is 58.4 Å². The molecule has 19 heavy (non-hydrogen) atoms. The van der Waals surface area contributed by atoms with Crippen molar-refractivity contribution < 1.29 is 14.7 Å². The molecule has 0 bridgehead atoms. The van der Waals surface area contributed by atoms with Crippen LogP contribution in [0.25, 0.3) is 0 Å². The maximum Gasteiger partial charge on any atom is 0.196 e. The van der Waals surface area contributed by atoms with Gasteiger partial charge in [0.25, 0.3) is 0 Å². The molecule has 0 aliphatic heterocycles. The number of halogens is 1. The number of aromatic hydroxyl groups is 1. The second-order valence-electron chi connectivity index (χ2n) is 4.38. The highest BCUT2D eigenvalue weighted by Crippen LogP contribution is 2.46. The number of carbonyl (C=O) groups excluding carboxylic acids is 2. The SMILES string of the molecule is O=C1c2cccc(O)c2C(=O)C1(Br)c1ccccc1. The summed E-state index contributed by atoms with van der Waals surface area (Å²) in [4.78, 5) is 25.0. The number of alkyl halides is 1. The average Bonchev–Trinajstić information content (AvgIpc) is 2.64. The van der Waals surface area contributed by atoms with E-state index >= 15 is 0 Å². The predicted octanol–water partition coefficient (Wildman–Crippen LogP) is 3.06. The standard InChI is InChI=1S/C15H9BrO3/c16-15(9-5-2-1-3-6-9)13(18)10-7-4-8-11(17)12(10)14(15)19/h1-8,17H. The molecule has 0 fully saturated rings. The van der Waals surface area contributed by atoms with Crippen LogP contribution in [0.1, 0.15) is 26.3 Å². The van der Waals surface area contributed by atoms with Crippen molar-refractivity contribution in [1.29, 1.82) is 0 Å². The van der Waals surface area contributed by atoms with Crippen molar-refractivity contribution in [3.05, 3.63) is 65.2 Å². The fourth-order valence-electron chi connectivity index (χ4n) is 2.36. The zero-order valence-electron chi connectivity index (χ0n) is 9.76. The van der Waals surface area contributed by atoms with Crippen LogP contribution in [0.5, 0.6) is 5.75 Å². The Kier molecular flexibility index (Phi) is 2.57. The molecule has 0 saturated carbocycles. The average molecular weight is 317 g/mol. The van der Waals surface area contributed by atoms with Crippen LogP contribution in [0.4, 0.5) is 0 Å². The van der Waals surface area contributed by atoms with Crippen LogP contribution in [-0.2, 0) is 4.32 Å². The minimum absolute atomic E-state index is 0.0910. The molecule has 1 atom stereocenters. The van der Waals surface area contributed by atoms with Crippen molar-refractivity contribution in [1.82, 2.24) is 0 Å². The number of phenols is 1. The summed E-state index contributed by atoms with van der Waals surface area (Å²) in [6.45, 7) is 0. The van der Waals surface area contributed by atoms with Crippen LogP contribution in [-0.4, -0.2) is 16.7 Å². The number of ketones is 2. The third-order valence-electron chi connectivity index (χ3n) is 3.31. The Morgan fingerprint density at radius 1 is 0.895 bits per heavy atom. The van der Waals surface area contributed by atoms with Gasteiger partial charge in [-0.3, -0.25) is 9.59 Å². The van der Waals surface area contributed by atoms with Crippen molar-refractivity contribution in [2.75, 3.05) is 0 Å². The van der Waals surface area contributed by atoms with E-state index in [9.17, 15) is 14.7 Å². The minimum atomic E-state index is -1.42. The quantitative estimate of drug-likeness (QED) is 0.650. The monoisotopic (exact) mass is 316 g/mol. The van der Waals surface area contributed by atoms with E-state index in [0.717, 1.165) is 0 Å². The van der Waals surface area contributed by atoms with E-state index in [1.165, 1.54) is 6.07 Å². The molecular formula is C15H9BrO3. The number of rotatable bonds is 1. The van der Waals surface area contributed by atoms with E-state index in [1.807, 2.05) is 6.07 Å². The maximum atomic E-state index is 12.5. The molecule has 1 aliphatic carbocycles. The summed E-state index contributed by atoms with van der Waals surface area (Å²) in [7, 11) is 0. The lowest BCUT2D eigenvalue weighted by atomic mass is 9.94. The second-order valence-corrected chi connectivity index (χ2v) is 5.57. The van der Waals surface area contributed by atoms with E-state index in [-0.39, 0.29) is 22.7 Å². The van der Waals surface area contributed by atoms with Gasteiger partial charge in [-0.05, 0) is 11.6 Å². The van der Waals surface area contributed by atoms with E-state index < -0.39 is 10.1 Å². The molecule has 0 spiro atoms. The Hall–Kier alpha value is -1.94. The van der Waals surface area contributed by atoms with Crippen LogP contribution in [0.2, 0.25) is 0 Å². The first-order valence-corrected chi connectivity index (χ1v) is 6.52. The summed E-state index contributed by atoms with van der Waals surface area (Å²) in [5.74, 6) is -0.917. The van der Waals surface area contributed by atoms with E-state index in [0.29, 0.717) is 5.56 Å². The van der Waals surface area contributed by atoms with Gasteiger partial charge in [-0.15, -0.1) is 0 Å².